The molecule has 4 heterocycles. The molecular formula is C39H24N4OPt-2. The van der Waals surface area contributed by atoms with Crippen molar-refractivity contribution in [2.45, 2.75) is 6.37 Å². The van der Waals surface area contributed by atoms with Gasteiger partial charge >= 0.3 is 0 Å². The number of pyridine rings is 1. The van der Waals surface area contributed by atoms with Crippen LogP contribution in [0.3, 0.4) is 0 Å². The fraction of sp³-hybridized carbons (Fsp3) is 0.0256. The molecule has 0 spiro atoms. The number of para-hydroxylation sites is 4. The number of hydrogen-bond acceptors (Lipinski definition) is 2. The van der Waals surface area contributed by atoms with E-state index in [1.165, 1.54) is 0 Å². The fourth-order valence-electron chi connectivity index (χ4n) is 6.04. The van der Waals surface area contributed by atoms with Gasteiger partial charge in [0.05, 0.1) is 23.0 Å². The number of hydrogen-bond donors (Lipinski definition) is 0. The Balaban J connectivity index is 0.00000324. The van der Waals surface area contributed by atoms with Crippen molar-refractivity contribution < 1.29 is 32.8 Å². The van der Waals surface area contributed by atoms with Gasteiger partial charge in [-0.3, -0.25) is 4.57 Å². The van der Waals surface area contributed by atoms with Crippen molar-refractivity contribution in [3.05, 3.63) is 163 Å². The van der Waals surface area contributed by atoms with E-state index in [0.717, 1.165) is 43.9 Å². The standard InChI is InChI=1S/C39H24N4O.Pt/c1-2-10-30(11-3-1)41-26-42(36-16-7-6-15-35(36)41)31-12-8-9-27(24-31)23-28-17-18-33-32-13-4-5-14-34(32)43(37(33)25-28)39-38-29(19-21-40-39)20-22-44-38;/h1-22H,23H2;/q-2;/i23D2;. The summed E-state index contributed by atoms with van der Waals surface area (Å²) >= 11 is 0. The molecule has 9 aromatic rings. The van der Waals surface area contributed by atoms with Gasteiger partial charge in [-0.2, -0.15) is 53.6 Å². The zero-order valence-electron chi connectivity index (χ0n) is 25.7. The molecule has 0 radical (unpaired) electrons. The Labute approximate surface area is 276 Å². The van der Waals surface area contributed by atoms with Gasteiger partial charge in [-0.05, 0) is 47.8 Å². The van der Waals surface area contributed by atoms with Crippen LogP contribution in [-0.4, -0.2) is 14.1 Å². The Hall–Kier alpha value is -5.25. The molecule has 0 N–H and O–H groups in total. The smallest absolute Gasteiger partial charge is 0.268 e. The third-order valence-electron chi connectivity index (χ3n) is 8.01. The van der Waals surface area contributed by atoms with E-state index in [9.17, 15) is 2.74 Å². The van der Waals surface area contributed by atoms with Crippen LogP contribution in [0, 0.1) is 18.5 Å². The van der Waals surface area contributed by atoms with Crippen LogP contribution in [0.15, 0.2) is 138 Å². The Morgan fingerprint density at radius 2 is 1.53 bits per heavy atom. The van der Waals surface area contributed by atoms with Gasteiger partial charge in [0.1, 0.15) is 0 Å². The van der Waals surface area contributed by atoms with Crippen LogP contribution in [0.1, 0.15) is 13.9 Å². The van der Waals surface area contributed by atoms with Crippen LogP contribution < -0.4 is 4.57 Å². The number of rotatable bonds is 5. The topological polar surface area (TPSA) is 39.8 Å². The van der Waals surface area contributed by atoms with Crippen LogP contribution in [-0.2, 0) is 27.4 Å². The molecule has 0 unspecified atom stereocenters. The van der Waals surface area contributed by atoms with Gasteiger partial charge in [-0.1, -0.05) is 66.2 Å². The molecule has 0 amide bonds. The largest absolute Gasteiger partial charge is 0.460 e. The number of imidazole rings is 1. The molecule has 0 saturated heterocycles. The van der Waals surface area contributed by atoms with Crippen molar-refractivity contribution in [2.75, 3.05) is 0 Å². The Kier molecular flexibility index (Phi) is 6.16. The minimum absolute atomic E-state index is 0. The number of furan rings is 1. The van der Waals surface area contributed by atoms with Crippen LogP contribution >= 0.6 is 0 Å². The Bertz CT molecular complexity index is 2590. The zero-order valence-corrected chi connectivity index (χ0v) is 26.0. The maximum absolute atomic E-state index is 9.40. The van der Waals surface area contributed by atoms with E-state index >= 15 is 0 Å². The van der Waals surface area contributed by atoms with Crippen molar-refractivity contribution in [1.82, 2.24) is 14.1 Å². The Morgan fingerprint density at radius 1 is 0.733 bits per heavy atom. The summed E-state index contributed by atoms with van der Waals surface area (Å²) in [5.74, 6) is 0.637. The van der Waals surface area contributed by atoms with E-state index in [2.05, 4.69) is 30.6 Å². The van der Waals surface area contributed by atoms with Gasteiger partial charge in [0.15, 0.2) is 11.4 Å². The quantitative estimate of drug-likeness (QED) is 0.131. The predicted molar refractivity (Wildman–Crippen MR) is 172 cm³/mol. The zero-order chi connectivity index (χ0) is 30.8. The van der Waals surface area contributed by atoms with Crippen molar-refractivity contribution in [3.63, 3.8) is 0 Å². The summed E-state index contributed by atoms with van der Waals surface area (Å²) in [5, 5.41) is 2.93. The van der Waals surface area contributed by atoms with Crippen molar-refractivity contribution >= 4 is 43.8 Å². The van der Waals surface area contributed by atoms with Crippen molar-refractivity contribution in [2.24, 2.45) is 0 Å². The monoisotopic (exact) mass is 761 g/mol. The summed E-state index contributed by atoms with van der Waals surface area (Å²) in [4.78, 5) is 4.71. The normalized spacial score (nSPS) is 12.4. The number of nitrogens with zero attached hydrogens (tertiary/aromatic N) is 4. The first-order chi connectivity index (χ1) is 22.6. The summed E-state index contributed by atoms with van der Waals surface area (Å²) in [5.41, 5.74) is 6.73. The summed E-state index contributed by atoms with van der Waals surface area (Å²) in [6, 6.07) is 46.3. The SMILES string of the molecule is [2H]C([2H])(c1[c-]c(-n2[c-][n+](-c3ccccc3)c3ccccc32)ccc1)c1[c-]c2c(cc1)c1ccccc1n2-c1nccc2ccoc12.[Pt]. The molecule has 0 saturated carbocycles. The molecule has 6 heteroatoms. The van der Waals surface area contributed by atoms with Crippen molar-refractivity contribution in [3.8, 4) is 17.2 Å². The first kappa shape index (κ1) is 25.1. The summed E-state index contributed by atoms with van der Waals surface area (Å²) in [6.07, 6.45) is 4.99. The first-order valence-corrected chi connectivity index (χ1v) is 14.4. The molecule has 0 aliphatic heterocycles. The van der Waals surface area contributed by atoms with Crippen molar-refractivity contribution in [1.29, 1.82) is 0 Å². The molecule has 4 aromatic heterocycles. The molecule has 218 valence electrons. The van der Waals surface area contributed by atoms with Crippen LogP contribution in [0.5, 0.6) is 0 Å². The van der Waals surface area contributed by atoms with Gasteiger partial charge in [-0.25, -0.2) is 4.98 Å². The van der Waals surface area contributed by atoms with Gasteiger partial charge in [0.25, 0.3) is 6.33 Å². The van der Waals surface area contributed by atoms with E-state index < -0.39 is 6.37 Å². The summed E-state index contributed by atoms with van der Waals surface area (Å²) in [6.45, 7) is 0. The van der Waals surface area contributed by atoms with Gasteiger partial charge in [-0.15, -0.1) is 5.39 Å². The fourth-order valence-corrected chi connectivity index (χ4v) is 6.04. The average molecular weight is 762 g/mol. The first-order valence-electron chi connectivity index (χ1n) is 15.4. The van der Waals surface area contributed by atoms with E-state index in [1.807, 2.05) is 117 Å². The molecule has 0 aliphatic carbocycles. The second-order valence-electron chi connectivity index (χ2n) is 10.6. The van der Waals surface area contributed by atoms with E-state index in [1.54, 1.807) is 18.5 Å². The summed E-state index contributed by atoms with van der Waals surface area (Å²) in [7, 11) is 0. The number of benzene rings is 5. The third-order valence-corrected chi connectivity index (χ3v) is 8.01. The minimum Gasteiger partial charge on any atom is -0.460 e. The maximum atomic E-state index is 9.40. The molecule has 45 heavy (non-hydrogen) atoms. The predicted octanol–water partition coefficient (Wildman–Crippen LogP) is 8.13. The molecule has 0 aliphatic rings. The summed E-state index contributed by atoms with van der Waals surface area (Å²) < 4.78 is 30.6. The van der Waals surface area contributed by atoms with Crippen LogP contribution in [0.25, 0.3) is 61.0 Å². The second kappa shape index (κ2) is 11.0. The van der Waals surface area contributed by atoms with E-state index in [0.29, 0.717) is 28.2 Å². The molecule has 0 fully saturated rings. The number of aromatic nitrogens is 4. The van der Waals surface area contributed by atoms with E-state index in [4.69, 9.17) is 9.40 Å². The van der Waals surface area contributed by atoms with Gasteiger partial charge < -0.3 is 13.6 Å². The van der Waals surface area contributed by atoms with Gasteiger partial charge in [0, 0.05) is 40.9 Å². The minimum atomic E-state index is -1.91. The molecule has 0 bridgehead atoms. The van der Waals surface area contributed by atoms with Gasteiger partial charge in [0.2, 0.25) is 0 Å². The van der Waals surface area contributed by atoms with Crippen LogP contribution in [0.2, 0.25) is 0 Å². The molecule has 9 rings (SSSR count). The molecule has 5 aromatic carbocycles. The molecule has 0 atom stereocenters. The average Bonchev–Trinajstić information content (AvgIpc) is 3.83. The molecular weight excluding hydrogens is 736 g/mol. The second-order valence-corrected chi connectivity index (χ2v) is 10.6. The maximum Gasteiger partial charge on any atom is 0.268 e. The Morgan fingerprint density at radius 3 is 2.44 bits per heavy atom. The van der Waals surface area contributed by atoms with E-state index in [-0.39, 0.29) is 21.1 Å². The third kappa shape index (κ3) is 4.51. The van der Waals surface area contributed by atoms with Crippen LogP contribution in [0.4, 0.5) is 0 Å². The number of fused-ring (bicyclic) bond motifs is 5. The molecule has 5 nitrogen and oxygen atoms in total.